The number of amides is 1. The van der Waals surface area contributed by atoms with E-state index in [1.54, 1.807) is 0 Å². The molecule has 0 aromatic heterocycles. The van der Waals surface area contributed by atoms with Gasteiger partial charge < -0.3 is 4.90 Å². The molecule has 1 amide bonds. The third-order valence-corrected chi connectivity index (χ3v) is 4.92. The smallest absolute Gasteiger partial charge is 0.239 e. The summed E-state index contributed by atoms with van der Waals surface area (Å²) in [5, 5.41) is 0. The molecule has 2 unspecified atom stereocenters. The average molecular weight is 302 g/mol. The van der Waals surface area contributed by atoms with Gasteiger partial charge in [-0.05, 0) is 44.7 Å². The largest absolute Gasteiger partial charge is 0.338 e. The van der Waals surface area contributed by atoms with E-state index < -0.39 is 0 Å². The molecule has 0 N–H and O–H groups in total. The third-order valence-electron chi connectivity index (χ3n) is 4.92. The van der Waals surface area contributed by atoms with E-state index in [2.05, 4.69) is 54.8 Å². The maximum absolute atomic E-state index is 12.9. The summed E-state index contributed by atoms with van der Waals surface area (Å²) in [5.74, 6) is 0.310. The van der Waals surface area contributed by atoms with Gasteiger partial charge in [0, 0.05) is 19.1 Å². The molecular weight excluding hydrogens is 272 g/mol. The molecule has 1 aromatic rings. The van der Waals surface area contributed by atoms with Gasteiger partial charge in [-0.25, -0.2) is 0 Å². The van der Waals surface area contributed by atoms with E-state index in [-0.39, 0.29) is 6.04 Å². The number of hydrogen-bond acceptors (Lipinski definition) is 2. The van der Waals surface area contributed by atoms with Gasteiger partial charge in [-0.2, -0.15) is 0 Å². The molecule has 3 nitrogen and oxygen atoms in total. The molecule has 22 heavy (non-hydrogen) atoms. The van der Waals surface area contributed by atoms with E-state index in [0.29, 0.717) is 11.9 Å². The Bertz CT molecular complexity index is 460. The van der Waals surface area contributed by atoms with Crippen LogP contribution in [0.3, 0.4) is 0 Å². The molecular formula is C19H30N2O. The van der Waals surface area contributed by atoms with E-state index >= 15 is 0 Å². The minimum absolute atomic E-state index is 0.0441. The van der Waals surface area contributed by atoms with E-state index in [0.717, 1.165) is 32.5 Å². The lowest BCUT2D eigenvalue weighted by molar-refractivity contribution is -0.140. The molecule has 1 aliphatic heterocycles. The summed E-state index contributed by atoms with van der Waals surface area (Å²) in [7, 11) is 0. The molecule has 1 fully saturated rings. The SMILES string of the molecule is CCC1CCCCN1C(=O)C(C)N(CC)Cc1ccccc1. The fourth-order valence-electron chi connectivity index (χ4n) is 3.45. The topological polar surface area (TPSA) is 23.6 Å². The summed E-state index contributed by atoms with van der Waals surface area (Å²) in [4.78, 5) is 17.4. The van der Waals surface area contributed by atoms with Crippen molar-refractivity contribution in [3.8, 4) is 0 Å². The Morgan fingerprint density at radius 2 is 2.00 bits per heavy atom. The summed E-state index contributed by atoms with van der Waals surface area (Å²) in [6, 6.07) is 10.8. The quantitative estimate of drug-likeness (QED) is 0.800. The molecule has 0 radical (unpaired) electrons. The second kappa shape index (κ2) is 8.33. The Morgan fingerprint density at radius 3 is 2.64 bits per heavy atom. The van der Waals surface area contributed by atoms with Crippen LogP contribution < -0.4 is 0 Å². The highest BCUT2D eigenvalue weighted by atomic mass is 16.2. The Balaban J connectivity index is 2.03. The van der Waals surface area contributed by atoms with Crippen molar-refractivity contribution in [1.29, 1.82) is 0 Å². The van der Waals surface area contributed by atoms with Crippen LogP contribution in [-0.2, 0) is 11.3 Å². The van der Waals surface area contributed by atoms with Crippen LogP contribution in [-0.4, -0.2) is 40.9 Å². The number of likely N-dealkylation sites (tertiary alicyclic amines) is 1. The Hall–Kier alpha value is -1.35. The standard InChI is InChI=1S/C19H30N2O/c1-4-18-13-9-10-14-21(18)19(22)16(3)20(5-2)15-17-11-7-6-8-12-17/h6-8,11-12,16,18H,4-5,9-10,13-15H2,1-3H3. The van der Waals surface area contributed by atoms with Crippen LogP contribution >= 0.6 is 0 Å². The highest BCUT2D eigenvalue weighted by Crippen LogP contribution is 2.21. The van der Waals surface area contributed by atoms with Gasteiger partial charge in [-0.3, -0.25) is 9.69 Å². The Kier molecular flexibility index (Phi) is 6.44. The number of carbonyl (C=O) groups excluding carboxylic acids is 1. The van der Waals surface area contributed by atoms with Gasteiger partial charge >= 0.3 is 0 Å². The maximum Gasteiger partial charge on any atom is 0.239 e. The first-order chi connectivity index (χ1) is 10.7. The van der Waals surface area contributed by atoms with Crippen LogP contribution in [0.1, 0.15) is 52.0 Å². The molecule has 1 saturated heterocycles. The summed E-state index contributed by atoms with van der Waals surface area (Å²) < 4.78 is 0. The zero-order valence-corrected chi connectivity index (χ0v) is 14.3. The lowest BCUT2D eigenvalue weighted by Gasteiger charge is -2.39. The fourth-order valence-corrected chi connectivity index (χ4v) is 3.45. The van der Waals surface area contributed by atoms with Gasteiger partial charge in [-0.15, -0.1) is 0 Å². The molecule has 1 aliphatic rings. The fraction of sp³-hybridized carbons (Fsp3) is 0.632. The van der Waals surface area contributed by atoms with Crippen LogP contribution in [0.2, 0.25) is 0 Å². The minimum Gasteiger partial charge on any atom is -0.338 e. The summed E-state index contributed by atoms with van der Waals surface area (Å²) in [6.45, 7) is 9.07. The predicted molar refractivity (Wildman–Crippen MR) is 91.6 cm³/mol. The van der Waals surface area contributed by atoms with Crippen molar-refractivity contribution in [1.82, 2.24) is 9.80 Å². The lowest BCUT2D eigenvalue weighted by Crippen LogP contribution is -2.52. The third kappa shape index (κ3) is 4.10. The molecule has 3 heteroatoms. The Morgan fingerprint density at radius 1 is 1.27 bits per heavy atom. The number of hydrogen-bond donors (Lipinski definition) is 0. The molecule has 2 atom stereocenters. The van der Waals surface area contributed by atoms with Crippen molar-refractivity contribution in [3.63, 3.8) is 0 Å². The average Bonchev–Trinajstić information content (AvgIpc) is 2.59. The predicted octanol–water partition coefficient (Wildman–Crippen LogP) is 3.69. The van der Waals surface area contributed by atoms with Crippen molar-refractivity contribution in [2.45, 2.75) is 65.1 Å². The minimum atomic E-state index is -0.0441. The molecule has 122 valence electrons. The second-order valence-electron chi connectivity index (χ2n) is 6.31. The van der Waals surface area contributed by atoms with Crippen molar-refractivity contribution in [2.24, 2.45) is 0 Å². The number of carbonyl (C=O) groups is 1. The molecule has 2 rings (SSSR count). The van der Waals surface area contributed by atoms with Gasteiger partial charge in [0.05, 0.1) is 6.04 Å². The highest BCUT2D eigenvalue weighted by Gasteiger charge is 2.30. The first-order valence-electron chi connectivity index (χ1n) is 8.75. The van der Waals surface area contributed by atoms with Crippen molar-refractivity contribution < 1.29 is 4.79 Å². The number of benzene rings is 1. The van der Waals surface area contributed by atoms with Gasteiger partial charge in [0.25, 0.3) is 0 Å². The molecule has 0 saturated carbocycles. The van der Waals surface area contributed by atoms with Crippen molar-refractivity contribution >= 4 is 5.91 Å². The Labute approximate surface area is 135 Å². The molecule has 0 aliphatic carbocycles. The molecule has 1 aromatic carbocycles. The van der Waals surface area contributed by atoms with E-state index in [1.165, 1.54) is 18.4 Å². The van der Waals surface area contributed by atoms with Gasteiger partial charge in [0.2, 0.25) is 5.91 Å². The summed E-state index contributed by atoms with van der Waals surface area (Å²) >= 11 is 0. The summed E-state index contributed by atoms with van der Waals surface area (Å²) in [6.07, 6.45) is 4.65. The monoisotopic (exact) mass is 302 g/mol. The normalized spacial score (nSPS) is 20.2. The number of piperidine rings is 1. The van der Waals surface area contributed by atoms with Crippen LogP contribution in [0.25, 0.3) is 0 Å². The zero-order chi connectivity index (χ0) is 15.9. The van der Waals surface area contributed by atoms with Gasteiger partial charge in [-0.1, -0.05) is 44.2 Å². The first kappa shape index (κ1) is 17.0. The van der Waals surface area contributed by atoms with Crippen LogP contribution in [0.4, 0.5) is 0 Å². The molecule has 0 spiro atoms. The van der Waals surface area contributed by atoms with Gasteiger partial charge in [0.1, 0.15) is 0 Å². The number of rotatable bonds is 6. The zero-order valence-electron chi connectivity index (χ0n) is 14.3. The number of nitrogens with zero attached hydrogens (tertiary/aromatic N) is 2. The molecule has 1 heterocycles. The van der Waals surface area contributed by atoms with E-state index in [4.69, 9.17) is 0 Å². The van der Waals surface area contributed by atoms with E-state index in [9.17, 15) is 4.79 Å². The van der Waals surface area contributed by atoms with Gasteiger partial charge in [0.15, 0.2) is 0 Å². The number of likely N-dealkylation sites (N-methyl/N-ethyl adjacent to an activating group) is 1. The maximum atomic E-state index is 12.9. The second-order valence-corrected chi connectivity index (χ2v) is 6.31. The van der Waals surface area contributed by atoms with Crippen LogP contribution in [0.5, 0.6) is 0 Å². The van der Waals surface area contributed by atoms with Crippen LogP contribution in [0.15, 0.2) is 30.3 Å². The van der Waals surface area contributed by atoms with Crippen molar-refractivity contribution in [2.75, 3.05) is 13.1 Å². The first-order valence-corrected chi connectivity index (χ1v) is 8.75. The van der Waals surface area contributed by atoms with Crippen molar-refractivity contribution in [3.05, 3.63) is 35.9 Å². The van der Waals surface area contributed by atoms with E-state index in [1.807, 2.05) is 6.07 Å². The molecule has 0 bridgehead atoms. The highest BCUT2D eigenvalue weighted by molar-refractivity contribution is 5.81. The lowest BCUT2D eigenvalue weighted by atomic mass is 9.99. The van der Waals surface area contributed by atoms with Crippen LogP contribution in [0, 0.1) is 0 Å². The summed E-state index contributed by atoms with van der Waals surface area (Å²) in [5.41, 5.74) is 1.27.